The van der Waals surface area contributed by atoms with Crippen LogP contribution in [-0.4, -0.2) is 29.6 Å². The third-order valence-electron chi connectivity index (χ3n) is 2.00. The van der Waals surface area contributed by atoms with Gasteiger partial charge in [0.1, 0.15) is 5.25 Å². The maximum atomic E-state index is 10.8. The third-order valence-corrected chi connectivity index (χ3v) is 3.14. The zero-order chi connectivity index (χ0) is 12.3. The van der Waals surface area contributed by atoms with Crippen molar-refractivity contribution in [3.05, 3.63) is 39.9 Å². The zero-order valence-electron chi connectivity index (χ0n) is 7.98. The molecule has 1 atom stereocenters. The molecule has 0 saturated heterocycles. The van der Waals surface area contributed by atoms with Crippen molar-refractivity contribution in [3.8, 4) is 0 Å². The summed E-state index contributed by atoms with van der Waals surface area (Å²) in [5.74, 6) is 0. The summed E-state index contributed by atoms with van der Waals surface area (Å²) in [6.07, 6.45) is 0. The van der Waals surface area contributed by atoms with E-state index in [0.29, 0.717) is 0 Å². The lowest BCUT2D eigenvalue weighted by atomic mass is 10.1. The number of benzene rings is 1. The first-order valence-corrected chi connectivity index (χ1v) is 5.68. The summed E-state index contributed by atoms with van der Waals surface area (Å²) in [5, 5.41) is 17.7. The van der Waals surface area contributed by atoms with Crippen molar-refractivity contribution in [2.45, 2.75) is 5.25 Å². The van der Waals surface area contributed by atoms with Crippen LogP contribution in [-0.2, 0) is 10.1 Å². The second kappa shape index (κ2) is 4.56. The van der Waals surface area contributed by atoms with Crippen molar-refractivity contribution in [2.24, 2.45) is 0 Å². The summed E-state index contributed by atoms with van der Waals surface area (Å²) in [7, 11) is -4.42. The minimum absolute atomic E-state index is 0.0931. The van der Waals surface area contributed by atoms with E-state index in [-0.39, 0.29) is 11.3 Å². The minimum atomic E-state index is -4.42. The molecule has 0 fully saturated rings. The van der Waals surface area contributed by atoms with Crippen LogP contribution in [0, 0.1) is 10.1 Å². The second-order valence-electron chi connectivity index (χ2n) is 3.03. The minimum Gasteiger partial charge on any atom is -0.395 e. The topological polar surface area (TPSA) is 118 Å². The first-order chi connectivity index (χ1) is 7.36. The molecule has 7 nitrogen and oxygen atoms in total. The monoisotopic (exact) mass is 247 g/mol. The standard InChI is InChI=1S/C8H9NO6S/c10-5-8(16(13,14)15)6-1-3-7(4-2-6)9(11)12/h1-4,8,10H,5H2,(H,13,14,15). The Kier molecular flexibility index (Phi) is 3.58. The smallest absolute Gasteiger partial charge is 0.274 e. The molecule has 0 radical (unpaired) electrons. The van der Waals surface area contributed by atoms with E-state index in [1.807, 2.05) is 0 Å². The van der Waals surface area contributed by atoms with Gasteiger partial charge in [-0.15, -0.1) is 0 Å². The molecule has 16 heavy (non-hydrogen) atoms. The van der Waals surface area contributed by atoms with E-state index in [1.54, 1.807) is 0 Å². The molecule has 0 aliphatic heterocycles. The molecule has 88 valence electrons. The quantitative estimate of drug-likeness (QED) is 0.455. The highest BCUT2D eigenvalue weighted by molar-refractivity contribution is 7.86. The first kappa shape index (κ1) is 12.6. The number of aliphatic hydroxyl groups excluding tert-OH is 1. The molecule has 1 rings (SSSR count). The van der Waals surface area contributed by atoms with Gasteiger partial charge in [-0.1, -0.05) is 12.1 Å². The van der Waals surface area contributed by atoms with Crippen molar-refractivity contribution in [1.29, 1.82) is 0 Å². The van der Waals surface area contributed by atoms with Crippen LogP contribution < -0.4 is 0 Å². The second-order valence-corrected chi connectivity index (χ2v) is 4.63. The number of nitrogens with zero attached hydrogens (tertiary/aromatic N) is 1. The number of hydrogen-bond acceptors (Lipinski definition) is 5. The molecule has 2 N–H and O–H groups in total. The van der Waals surface area contributed by atoms with Gasteiger partial charge in [-0.25, -0.2) is 0 Å². The Morgan fingerprint density at radius 2 is 1.81 bits per heavy atom. The lowest BCUT2D eigenvalue weighted by Gasteiger charge is -2.10. The molecule has 0 amide bonds. The Bertz CT molecular complexity index is 480. The van der Waals surface area contributed by atoms with Gasteiger partial charge in [0.2, 0.25) is 0 Å². The Morgan fingerprint density at radius 3 is 2.12 bits per heavy atom. The van der Waals surface area contributed by atoms with Gasteiger partial charge in [-0.05, 0) is 5.56 Å². The number of rotatable bonds is 4. The lowest BCUT2D eigenvalue weighted by molar-refractivity contribution is -0.384. The Labute approximate surface area is 91.2 Å². The molecule has 1 aromatic rings. The molecule has 0 bridgehead atoms. The summed E-state index contributed by atoms with van der Waals surface area (Å²) in [6.45, 7) is -0.795. The van der Waals surface area contributed by atoms with E-state index in [0.717, 1.165) is 12.1 Å². The maximum absolute atomic E-state index is 10.8. The van der Waals surface area contributed by atoms with Gasteiger partial charge in [0.15, 0.2) is 0 Å². The van der Waals surface area contributed by atoms with Crippen molar-refractivity contribution in [1.82, 2.24) is 0 Å². The van der Waals surface area contributed by atoms with Crippen LogP contribution in [0.5, 0.6) is 0 Å². The van der Waals surface area contributed by atoms with Crippen molar-refractivity contribution < 1.29 is 23.0 Å². The Morgan fingerprint density at radius 1 is 1.31 bits per heavy atom. The van der Waals surface area contributed by atoms with Gasteiger partial charge in [0, 0.05) is 12.1 Å². The molecule has 0 heterocycles. The average molecular weight is 247 g/mol. The van der Waals surface area contributed by atoms with E-state index in [4.69, 9.17) is 9.66 Å². The van der Waals surface area contributed by atoms with E-state index in [2.05, 4.69) is 0 Å². The van der Waals surface area contributed by atoms with Crippen molar-refractivity contribution in [3.63, 3.8) is 0 Å². The zero-order valence-corrected chi connectivity index (χ0v) is 8.79. The summed E-state index contributed by atoms with van der Waals surface area (Å²) in [5.41, 5.74) is -0.105. The average Bonchev–Trinajstić information content (AvgIpc) is 2.17. The van der Waals surface area contributed by atoms with Gasteiger partial charge < -0.3 is 5.11 Å². The van der Waals surface area contributed by atoms with E-state index >= 15 is 0 Å². The predicted octanol–water partition coefficient (Wildman–Crippen LogP) is 0.516. The first-order valence-electron chi connectivity index (χ1n) is 4.17. The van der Waals surface area contributed by atoms with Gasteiger partial charge in [0.05, 0.1) is 11.5 Å². The molecule has 1 aromatic carbocycles. The fraction of sp³-hybridized carbons (Fsp3) is 0.250. The molecular formula is C8H9NO6S. The SMILES string of the molecule is O=[N+]([O-])c1ccc(C(CO)S(=O)(=O)O)cc1. The fourth-order valence-corrected chi connectivity index (χ4v) is 1.87. The number of nitro groups is 1. The predicted molar refractivity (Wildman–Crippen MR) is 54.5 cm³/mol. The summed E-state index contributed by atoms with van der Waals surface area (Å²) >= 11 is 0. The highest BCUT2D eigenvalue weighted by Gasteiger charge is 2.24. The molecule has 0 aromatic heterocycles. The Balaban J connectivity index is 3.10. The van der Waals surface area contributed by atoms with E-state index in [9.17, 15) is 18.5 Å². The number of non-ortho nitro benzene ring substituents is 1. The third kappa shape index (κ3) is 2.75. The fourth-order valence-electron chi connectivity index (χ4n) is 1.18. The van der Waals surface area contributed by atoms with Crippen LogP contribution in [0.2, 0.25) is 0 Å². The van der Waals surface area contributed by atoms with E-state index < -0.39 is 26.9 Å². The van der Waals surface area contributed by atoms with Gasteiger partial charge >= 0.3 is 0 Å². The van der Waals surface area contributed by atoms with Crippen LogP contribution in [0.25, 0.3) is 0 Å². The number of hydrogen-bond donors (Lipinski definition) is 2. The van der Waals surface area contributed by atoms with Crippen molar-refractivity contribution in [2.75, 3.05) is 6.61 Å². The number of aliphatic hydroxyl groups is 1. The van der Waals surface area contributed by atoms with Crippen LogP contribution in [0.1, 0.15) is 10.8 Å². The lowest BCUT2D eigenvalue weighted by Crippen LogP contribution is -2.15. The molecular weight excluding hydrogens is 238 g/mol. The van der Waals surface area contributed by atoms with Gasteiger partial charge in [-0.2, -0.15) is 8.42 Å². The highest BCUT2D eigenvalue weighted by Crippen LogP contribution is 2.23. The van der Waals surface area contributed by atoms with Crippen LogP contribution >= 0.6 is 0 Å². The highest BCUT2D eigenvalue weighted by atomic mass is 32.2. The molecule has 1 unspecified atom stereocenters. The van der Waals surface area contributed by atoms with Gasteiger partial charge in [0.25, 0.3) is 15.8 Å². The number of nitro benzene ring substituents is 1. The van der Waals surface area contributed by atoms with E-state index in [1.165, 1.54) is 12.1 Å². The molecule has 0 spiro atoms. The Hall–Kier alpha value is -1.51. The van der Waals surface area contributed by atoms with Crippen LogP contribution in [0.3, 0.4) is 0 Å². The summed E-state index contributed by atoms with van der Waals surface area (Å²) in [6, 6.07) is 4.55. The van der Waals surface area contributed by atoms with Gasteiger partial charge in [-0.3, -0.25) is 14.7 Å². The molecule has 8 heteroatoms. The molecule has 0 saturated carbocycles. The summed E-state index contributed by atoms with van der Waals surface area (Å²) in [4.78, 5) is 9.70. The maximum Gasteiger partial charge on any atom is 0.274 e. The van der Waals surface area contributed by atoms with Crippen LogP contribution in [0.4, 0.5) is 5.69 Å². The molecule has 0 aliphatic rings. The largest absolute Gasteiger partial charge is 0.395 e. The molecule has 0 aliphatic carbocycles. The summed E-state index contributed by atoms with van der Waals surface area (Å²) < 4.78 is 30.5. The normalized spacial score (nSPS) is 13.4. The van der Waals surface area contributed by atoms with Crippen LogP contribution in [0.15, 0.2) is 24.3 Å². The van der Waals surface area contributed by atoms with Crippen molar-refractivity contribution >= 4 is 15.8 Å².